The molecule has 0 radical (unpaired) electrons. The summed E-state index contributed by atoms with van der Waals surface area (Å²) in [7, 11) is 0. The molecule has 1 heterocycles. The molecule has 4 heteroatoms. The van der Waals surface area contributed by atoms with Gasteiger partial charge < -0.3 is 10.6 Å². The molecule has 2 saturated carbocycles. The Morgan fingerprint density at radius 1 is 1.06 bits per heavy atom. The van der Waals surface area contributed by atoms with Crippen LogP contribution in [0.4, 0.5) is 0 Å². The Kier molecular flexibility index (Phi) is 2.60. The van der Waals surface area contributed by atoms with Gasteiger partial charge >= 0.3 is 0 Å². The number of likely N-dealkylation sites (tertiary alicyclic amines) is 1. The molecule has 1 saturated heterocycles. The Balaban J connectivity index is 1.59. The molecule has 0 aromatic carbocycles. The van der Waals surface area contributed by atoms with Gasteiger partial charge in [-0.3, -0.25) is 9.59 Å². The highest BCUT2D eigenvalue weighted by molar-refractivity contribution is 5.82. The molecule has 17 heavy (non-hydrogen) atoms. The van der Waals surface area contributed by atoms with Crippen LogP contribution in [0.3, 0.4) is 0 Å². The summed E-state index contributed by atoms with van der Waals surface area (Å²) in [5, 5.41) is 0. The number of carbonyl (C=O) groups is 2. The lowest BCUT2D eigenvalue weighted by atomic mass is 9.94. The van der Waals surface area contributed by atoms with Gasteiger partial charge in [0.1, 0.15) is 0 Å². The second-order valence-electron chi connectivity index (χ2n) is 5.95. The maximum absolute atomic E-state index is 12.3. The van der Waals surface area contributed by atoms with E-state index in [2.05, 4.69) is 0 Å². The van der Waals surface area contributed by atoms with Crippen LogP contribution in [-0.2, 0) is 9.59 Å². The maximum atomic E-state index is 12.3. The highest BCUT2D eigenvalue weighted by atomic mass is 16.2. The number of nitrogens with zero attached hydrogens (tertiary/aromatic N) is 1. The quantitative estimate of drug-likeness (QED) is 0.769. The van der Waals surface area contributed by atoms with E-state index in [4.69, 9.17) is 5.73 Å². The van der Waals surface area contributed by atoms with Gasteiger partial charge in [-0.2, -0.15) is 0 Å². The molecule has 4 nitrogen and oxygen atoms in total. The second kappa shape index (κ2) is 4.00. The van der Waals surface area contributed by atoms with Crippen molar-refractivity contribution in [2.45, 2.75) is 32.1 Å². The van der Waals surface area contributed by atoms with Gasteiger partial charge in [-0.15, -0.1) is 0 Å². The molecule has 0 aromatic rings. The van der Waals surface area contributed by atoms with Gasteiger partial charge in [0.15, 0.2) is 0 Å². The third kappa shape index (κ3) is 2.05. The SMILES string of the molecule is NC(=O)C1CCCN(C(=O)C2CC3CC3C2)C1. The van der Waals surface area contributed by atoms with E-state index in [0.29, 0.717) is 6.54 Å². The highest BCUT2D eigenvalue weighted by Gasteiger charge is 2.49. The smallest absolute Gasteiger partial charge is 0.225 e. The molecule has 94 valence electrons. The maximum Gasteiger partial charge on any atom is 0.225 e. The van der Waals surface area contributed by atoms with Crippen molar-refractivity contribution in [2.75, 3.05) is 13.1 Å². The van der Waals surface area contributed by atoms with E-state index in [1.165, 1.54) is 6.42 Å². The molecule has 3 rings (SSSR count). The van der Waals surface area contributed by atoms with Gasteiger partial charge in [0.2, 0.25) is 11.8 Å². The lowest BCUT2D eigenvalue weighted by Crippen LogP contribution is -2.46. The van der Waals surface area contributed by atoms with Crippen LogP contribution >= 0.6 is 0 Å². The van der Waals surface area contributed by atoms with E-state index < -0.39 is 0 Å². The summed E-state index contributed by atoms with van der Waals surface area (Å²) in [6.07, 6.45) is 5.27. The molecule has 3 aliphatic rings. The molecule has 3 fully saturated rings. The largest absolute Gasteiger partial charge is 0.369 e. The van der Waals surface area contributed by atoms with Gasteiger partial charge in [-0.25, -0.2) is 0 Å². The minimum Gasteiger partial charge on any atom is -0.369 e. The average Bonchev–Trinajstić information content (AvgIpc) is 2.95. The second-order valence-corrected chi connectivity index (χ2v) is 5.95. The Morgan fingerprint density at radius 3 is 2.41 bits per heavy atom. The fourth-order valence-corrected chi connectivity index (χ4v) is 3.58. The third-order valence-corrected chi connectivity index (χ3v) is 4.73. The van der Waals surface area contributed by atoms with Crippen LogP contribution in [0, 0.1) is 23.7 Å². The van der Waals surface area contributed by atoms with Crippen LogP contribution < -0.4 is 5.73 Å². The van der Waals surface area contributed by atoms with Crippen molar-refractivity contribution in [1.29, 1.82) is 0 Å². The highest BCUT2D eigenvalue weighted by Crippen LogP contribution is 2.54. The van der Waals surface area contributed by atoms with E-state index in [1.807, 2.05) is 4.90 Å². The first-order valence-corrected chi connectivity index (χ1v) is 6.73. The molecule has 0 spiro atoms. The third-order valence-electron chi connectivity index (χ3n) is 4.73. The summed E-state index contributed by atoms with van der Waals surface area (Å²) >= 11 is 0. The number of carbonyl (C=O) groups excluding carboxylic acids is 2. The first kappa shape index (κ1) is 11.1. The predicted molar refractivity (Wildman–Crippen MR) is 62.8 cm³/mol. The van der Waals surface area contributed by atoms with E-state index in [-0.39, 0.29) is 23.7 Å². The zero-order valence-electron chi connectivity index (χ0n) is 10.1. The first-order valence-electron chi connectivity index (χ1n) is 6.73. The summed E-state index contributed by atoms with van der Waals surface area (Å²) in [6, 6.07) is 0. The topological polar surface area (TPSA) is 63.4 Å². The van der Waals surface area contributed by atoms with Crippen molar-refractivity contribution in [1.82, 2.24) is 4.90 Å². The number of nitrogens with two attached hydrogens (primary N) is 1. The molecule has 2 N–H and O–H groups in total. The number of fused-ring (bicyclic) bond motifs is 1. The van der Waals surface area contributed by atoms with E-state index >= 15 is 0 Å². The van der Waals surface area contributed by atoms with Crippen LogP contribution in [0.1, 0.15) is 32.1 Å². The predicted octanol–water partition coefficient (Wildman–Crippen LogP) is 0.756. The van der Waals surface area contributed by atoms with Crippen LogP contribution in [0.5, 0.6) is 0 Å². The summed E-state index contributed by atoms with van der Waals surface area (Å²) in [5.41, 5.74) is 5.34. The van der Waals surface area contributed by atoms with Crippen LogP contribution in [0.15, 0.2) is 0 Å². The number of hydrogen-bond acceptors (Lipinski definition) is 2. The monoisotopic (exact) mass is 236 g/mol. The summed E-state index contributed by atoms with van der Waals surface area (Å²) in [5.74, 6) is 1.82. The van der Waals surface area contributed by atoms with E-state index in [9.17, 15) is 9.59 Å². The van der Waals surface area contributed by atoms with Gasteiger partial charge in [-0.05, 0) is 43.9 Å². The minimum atomic E-state index is -0.253. The Labute approximate surface area is 102 Å². The standard InChI is InChI=1S/C13H20N2O2/c14-12(16)8-2-1-3-15(7-8)13(17)11-5-9-4-10(9)6-11/h8-11H,1-7H2,(H2,14,16). The zero-order valence-corrected chi connectivity index (χ0v) is 10.1. The van der Waals surface area contributed by atoms with Crippen molar-refractivity contribution in [3.63, 3.8) is 0 Å². The fraction of sp³-hybridized carbons (Fsp3) is 0.846. The molecule has 2 aliphatic carbocycles. The average molecular weight is 236 g/mol. The number of hydrogen-bond donors (Lipinski definition) is 1. The zero-order chi connectivity index (χ0) is 12.0. The van der Waals surface area contributed by atoms with Gasteiger partial charge in [-0.1, -0.05) is 0 Å². The number of piperidine rings is 1. The molecule has 3 atom stereocenters. The molecular weight excluding hydrogens is 216 g/mol. The van der Waals surface area contributed by atoms with Crippen LogP contribution in [-0.4, -0.2) is 29.8 Å². The van der Waals surface area contributed by atoms with E-state index in [0.717, 1.165) is 44.1 Å². The van der Waals surface area contributed by atoms with Crippen molar-refractivity contribution < 1.29 is 9.59 Å². The number of amides is 2. The molecule has 3 unspecified atom stereocenters. The Hall–Kier alpha value is -1.06. The normalized spacial score (nSPS) is 39.9. The van der Waals surface area contributed by atoms with Gasteiger partial charge in [0, 0.05) is 19.0 Å². The summed E-state index contributed by atoms with van der Waals surface area (Å²) < 4.78 is 0. The van der Waals surface area contributed by atoms with Crippen molar-refractivity contribution in [2.24, 2.45) is 29.4 Å². The number of rotatable bonds is 2. The lowest BCUT2D eigenvalue weighted by Gasteiger charge is -2.33. The van der Waals surface area contributed by atoms with Gasteiger partial charge in [0.25, 0.3) is 0 Å². The fourth-order valence-electron chi connectivity index (χ4n) is 3.58. The van der Waals surface area contributed by atoms with Crippen LogP contribution in [0.25, 0.3) is 0 Å². The van der Waals surface area contributed by atoms with Crippen molar-refractivity contribution >= 4 is 11.8 Å². The van der Waals surface area contributed by atoms with Crippen molar-refractivity contribution in [3.05, 3.63) is 0 Å². The number of primary amides is 1. The minimum absolute atomic E-state index is 0.122. The van der Waals surface area contributed by atoms with E-state index in [1.54, 1.807) is 0 Å². The van der Waals surface area contributed by atoms with Crippen molar-refractivity contribution in [3.8, 4) is 0 Å². The lowest BCUT2D eigenvalue weighted by molar-refractivity contribution is -0.138. The molecule has 0 bridgehead atoms. The first-order chi connectivity index (χ1) is 8.15. The molecular formula is C13H20N2O2. The molecule has 2 amide bonds. The summed E-state index contributed by atoms with van der Waals surface area (Å²) in [6.45, 7) is 1.37. The van der Waals surface area contributed by atoms with Crippen LogP contribution in [0.2, 0.25) is 0 Å². The molecule has 1 aliphatic heterocycles. The molecule has 0 aromatic heterocycles. The Bertz CT molecular complexity index is 345. The Morgan fingerprint density at radius 2 is 1.76 bits per heavy atom. The summed E-state index contributed by atoms with van der Waals surface area (Å²) in [4.78, 5) is 25.4. The van der Waals surface area contributed by atoms with Gasteiger partial charge in [0.05, 0.1) is 5.92 Å².